The standard InChI is InChI=1S/C13H24N2O4/c1-9(2)5-4-6-14-13(19)15-11(16)7-10(3)8-12(17)18/h9-10H,4-8H2,1-3H3,(H,17,18)(H2,14,15,16,19). The lowest BCUT2D eigenvalue weighted by molar-refractivity contribution is -0.138. The normalized spacial score (nSPS) is 12.0. The molecule has 0 aliphatic heterocycles. The maximum Gasteiger partial charge on any atom is 0.321 e. The zero-order valence-corrected chi connectivity index (χ0v) is 11.9. The van der Waals surface area contributed by atoms with Crippen LogP contribution in [0.15, 0.2) is 0 Å². The first kappa shape index (κ1) is 17.4. The summed E-state index contributed by atoms with van der Waals surface area (Å²) in [4.78, 5) is 33.2. The van der Waals surface area contributed by atoms with E-state index in [1.165, 1.54) is 0 Å². The minimum atomic E-state index is -0.946. The summed E-state index contributed by atoms with van der Waals surface area (Å²) in [7, 11) is 0. The lowest BCUT2D eigenvalue weighted by Crippen LogP contribution is -2.40. The number of carbonyl (C=O) groups is 3. The van der Waals surface area contributed by atoms with Crippen LogP contribution in [0.5, 0.6) is 0 Å². The van der Waals surface area contributed by atoms with Crippen molar-refractivity contribution in [1.82, 2.24) is 10.6 Å². The maximum atomic E-state index is 11.4. The molecule has 0 aromatic rings. The Morgan fingerprint density at radius 1 is 1.11 bits per heavy atom. The summed E-state index contributed by atoms with van der Waals surface area (Å²) in [5, 5.41) is 13.3. The van der Waals surface area contributed by atoms with Gasteiger partial charge in [-0.2, -0.15) is 0 Å². The first-order chi connectivity index (χ1) is 8.81. The second-order valence-corrected chi connectivity index (χ2v) is 5.25. The van der Waals surface area contributed by atoms with Gasteiger partial charge in [0.1, 0.15) is 0 Å². The number of carboxylic acid groups (broad SMARTS) is 1. The van der Waals surface area contributed by atoms with Crippen LogP contribution in [0.4, 0.5) is 4.79 Å². The molecule has 3 N–H and O–H groups in total. The fourth-order valence-corrected chi connectivity index (χ4v) is 1.62. The Labute approximate surface area is 113 Å². The number of aliphatic carboxylic acids is 1. The molecule has 0 heterocycles. The Balaban J connectivity index is 3.74. The van der Waals surface area contributed by atoms with Crippen molar-refractivity contribution in [2.75, 3.05) is 6.54 Å². The van der Waals surface area contributed by atoms with Crippen LogP contribution in [0.1, 0.15) is 46.5 Å². The summed E-state index contributed by atoms with van der Waals surface area (Å²) in [5.41, 5.74) is 0. The van der Waals surface area contributed by atoms with Crippen molar-refractivity contribution in [2.24, 2.45) is 11.8 Å². The van der Waals surface area contributed by atoms with Gasteiger partial charge in [-0.25, -0.2) is 4.79 Å². The number of hydrogen-bond donors (Lipinski definition) is 3. The fourth-order valence-electron chi connectivity index (χ4n) is 1.62. The minimum absolute atomic E-state index is 0.0334. The highest BCUT2D eigenvalue weighted by molar-refractivity contribution is 5.94. The van der Waals surface area contributed by atoms with Crippen LogP contribution in [0.25, 0.3) is 0 Å². The number of imide groups is 1. The predicted molar refractivity (Wildman–Crippen MR) is 71.6 cm³/mol. The van der Waals surface area contributed by atoms with Crippen LogP contribution >= 0.6 is 0 Å². The maximum absolute atomic E-state index is 11.4. The molecule has 6 heteroatoms. The van der Waals surface area contributed by atoms with E-state index < -0.39 is 17.9 Å². The molecule has 6 nitrogen and oxygen atoms in total. The molecule has 0 saturated heterocycles. The zero-order chi connectivity index (χ0) is 14.8. The van der Waals surface area contributed by atoms with Crippen LogP contribution in [0.3, 0.4) is 0 Å². The number of amides is 3. The molecule has 110 valence electrons. The summed E-state index contributed by atoms with van der Waals surface area (Å²) in [6.07, 6.45) is 1.84. The van der Waals surface area contributed by atoms with Gasteiger partial charge < -0.3 is 10.4 Å². The average Bonchev–Trinajstić information content (AvgIpc) is 2.22. The molecule has 0 spiro atoms. The third kappa shape index (κ3) is 11.2. The lowest BCUT2D eigenvalue weighted by Gasteiger charge is -2.10. The highest BCUT2D eigenvalue weighted by Crippen LogP contribution is 2.06. The van der Waals surface area contributed by atoms with Crippen LogP contribution in [-0.4, -0.2) is 29.6 Å². The summed E-state index contributed by atoms with van der Waals surface area (Å²) < 4.78 is 0. The summed E-state index contributed by atoms with van der Waals surface area (Å²) in [5.74, 6) is -1.09. The van der Waals surface area contributed by atoms with Gasteiger partial charge in [0.2, 0.25) is 5.91 Å². The van der Waals surface area contributed by atoms with Crippen molar-refractivity contribution in [3.05, 3.63) is 0 Å². The Morgan fingerprint density at radius 3 is 2.26 bits per heavy atom. The Hall–Kier alpha value is -1.59. The van der Waals surface area contributed by atoms with Gasteiger partial charge in [0.25, 0.3) is 0 Å². The summed E-state index contributed by atoms with van der Waals surface area (Å²) in [6.45, 7) is 6.40. The van der Waals surface area contributed by atoms with E-state index in [0.29, 0.717) is 12.5 Å². The lowest BCUT2D eigenvalue weighted by atomic mass is 10.0. The number of carboxylic acids is 1. The van der Waals surface area contributed by atoms with Gasteiger partial charge >= 0.3 is 12.0 Å². The molecule has 3 amide bonds. The van der Waals surface area contributed by atoms with E-state index in [-0.39, 0.29) is 18.8 Å². The van der Waals surface area contributed by atoms with Crippen LogP contribution in [0.2, 0.25) is 0 Å². The SMILES string of the molecule is CC(C)CCCNC(=O)NC(=O)CC(C)CC(=O)O. The Bertz CT molecular complexity index is 316. The van der Waals surface area contributed by atoms with Crippen LogP contribution in [-0.2, 0) is 9.59 Å². The molecular formula is C13H24N2O4. The highest BCUT2D eigenvalue weighted by Gasteiger charge is 2.14. The van der Waals surface area contributed by atoms with E-state index in [2.05, 4.69) is 24.5 Å². The first-order valence-electron chi connectivity index (χ1n) is 6.60. The molecule has 0 bridgehead atoms. The average molecular weight is 272 g/mol. The summed E-state index contributed by atoms with van der Waals surface area (Å²) >= 11 is 0. The second kappa shape index (κ2) is 9.35. The van der Waals surface area contributed by atoms with Gasteiger partial charge in [0, 0.05) is 19.4 Å². The second-order valence-electron chi connectivity index (χ2n) is 5.25. The molecule has 0 rings (SSSR count). The molecule has 1 unspecified atom stereocenters. The number of rotatable bonds is 8. The quantitative estimate of drug-likeness (QED) is 0.586. The van der Waals surface area contributed by atoms with Crippen LogP contribution in [0, 0.1) is 11.8 Å². The zero-order valence-electron chi connectivity index (χ0n) is 11.9. The van der Waals surface area contributed by atoms with E-state index in [4.69, 9.17) is 5.11 Å². The number of nitrogens with one attached hydrogen (secondary N) is 2. The molecule has 0 aliphatic rings. The highest BCUT2D eigenvalue weighted by atomic mass is 16.4. The third-order valence-electron chi connectivity index (χ3n) is 2.55. The molecular weight excluding hydrogens is 248 g/mol. The van der Waals surface area contributed by atoms with E-state index in [1.54, 1.807) is 6.92 Å². The van der Waals surface area contributed by atoms with Gasteiger partial charge in [-0.05, 0) is 24.7 Å². The molecule has 0 fully saturated rings. The first-order valence-corrected chi connectivity index (χ1v) is 6.60. The molecule has 0 radical (unpaired) electrons. The van der Waals surface area contributed by atoms with E-state index in [1.807, 2.05) is 0 Å². The minimum Gasteiger partial charge on any atom is -0.481 e. The van der Waals surface area contributed by atoms with Crippen molar-refractivity contribution in [3.8, 4) is 0 Å². The number of carbonyl (C=O) groups excluding carboxylic acids is 2. The van der Waals surface area contributed by atoms with Crippen molar-refractivity contribution in [2.45, 2.75) is 46.5 Å². The van der Waals surface area contributed by atoms with Gasteiger partial charge in [-0.1, -0.05) is 20.8 Å². The molecule has 0 aliphatic carbocycles. The Morgan fingerprint density at radius 2 is 1.74 bits per heavy atom. The predicted octanol–water partition coefficient (Wildman–Crippen LogP) is 1.75. The molecule has 0 saturated carbocycles. The smallest absolute Gasteiger partial charge is 0.321 e. The molecule has 0 aromatic heterocycles. The topological polar surface area (TPSA) is 95.5 Å². The van der Waals surface area contributed by atoms with E-state index in [9.17, 15) is 14.4 Å². The fraction of sp³-hybridized carbons (Fsp3) is 0.769. The molecule has 19 heavy (non-hydrogen) atoms. The largest absolute Gasteiger partial charge is 0.481 e. The van der Waals surface area contributed by atoms with E-state index in [0.717, 1.165) is 12.8 Å². The Kier molecular flexibility index (Phi) is 8.57. The van der Waals surface area contributed by atoms with Gasteiger partial charge in [0.15, 0.2) is 0 Å². The molecule has 1 atom stereocenters. The number of urea groups is 1. The number of hydrogen-bond acceptors (Lipinski definition) is 3. The van der Waals surface area contributed by atoms with Crippen LogP contribution < -0.4 is 10.6 Å². The van der Waals surface area contributed by atoms with Gasteiger partial charge in [-0.15, -0.1) is 0 Å². The van der Waals surface area contributed by atoms with Gasteiger partial charge in [0.05, 0.1) is 0 Å². The van der Waals surface area contributed by atoms with Crippen molar-refractivity contribution >= 4 is 17.9 Å². The van der Waals surface area contributed by atoms with E-state index >= 15 is 0 Å². The van der Waals surface area contributed by atoms with Crippen molar-refractivity contribution < 1.29 is 19.5 Å². The van der Waals surface area contributed by atoms with Gasteiger partial charge in [-0.3, -0.25) is 14.9 Å². The van der Waals surface area contributed by atoms with Crippen molar-refractivity contribution in [3.63, 3.8) is 0 Å². The summed E-state index contributed by atoms with van der Waals surface area (Å²) in [6, 6.07) is -0.517. The third-order valence-corrected chi connectivity index (χ3v) is 2.55. The monoisotopic (exact) mass is 272 g/mol. The van der Waals surface area contributed by atoms with Crippen molar-refractivity contribution in [1.29, 1.82) is 0 Å². The molecule has 0 aromatic carbocycles.